The highest BCUT2D eigenvalue weighted by Crippen LogP contribution is 2.52. The van der Waals surface area contributed by atoms with Crippen LogP contribution in [-0.4, -0.2) is 72.8 Å². The molecule has 0 radical (unpaired) electrons. The Morgan fingerprint density at radius 1 is 0.953 bits per heavy atom. The van der Waals surface area contributed by atoms with E-state index in [1.807, 2.05) is 53.4 Å². The van der Waals surface area contributed by atoms with E-state index in [1.54, 1.807) is 21.3 Å². The van der Waals surface area contributed by atoms with Gasteiger partial charge in [-0.15, -0.1) is 0 Å². The molecule has 230 valence electrons. The fraction of sp³-hybridized carbons (Fsp3) is 0.424. The molecule has 0 aliphatic carbocycles. The molecular weight excluding hydrogens is 564 g/mol. The third-order valence-corrected chi connectivity index (χ3v) is 8.72. The van der Waals surface area contributed by atoms with Crippen molar-refractivity contribution in [1.29, 1.82) is 0 Å². The molecule has 2 atom stereocenters. The van der Waals surface area contributed by atoms with Crippen molar-refractivity contribution in [3.8, 4) is 28.7 Å². The van der Waals surface area contributed by atoms with E-state index in [2.05, 4.69) is 38.6 Å². The highest BCUT2D eigenvalue weighted by molar-refractivity contribution is 6.69. The molecule has 9 nitrogen and oxygen atoms in total. The van der Waals surface area contributed by atoms with E-state index in [0.717, 1.165) is 41.0 Å². The maximum atomic E-state index is 14.4. The van der Waals surface area contributed by atoms with E-state index in [9.17, 15) is 4.79 Å². The fourth-order valence-electron chi connectivity index (χ4n) is 5.76. The number of hydrogen-bond acceptors (Lipinski definition) is 8. The highest BCUT2D eigenvalue weighted by atomic mass is 28.4. The van der Waals surface area contributed by atoms with Gasteiger partial charge in [0, 0.05) is 13.1 Å². The summed E-state index contributed by atoms with van der Waals surface area (Å²) < 4.78 is 35.5. The van der Waals surface area contributed by atoms with Crippen LogP contribution < -0.4 is 23.7 Å². The number of rotatable bonds is 12. The van der Waals surface area contributed by atoms with E-state index in [-0.39, 0.29) is 12.7 Å². The van der Waals surface area contributed by atoms with Crippen LogP contribution >= 0.6 is 0 Å². The first-order valence-electron chi connectivity index (χ1n) is 14.5. The molecule has 3 aromatic carbocycles. The van der Waals surface area contributed by atoms with Gasteiger partial charge in [0.25, 0.3) is 5.91 Å². The summed E-state index contributed by atoms with van der Waals surface area (Å²) in [6, 6.07) is 15.3. The van der Waals surface area contributed by atoms with Gasteiger partial charge in [0.1, 0.15) is 5.75 Å². The Kier molecular flexibility index (Phi) is 8.91. The Morgan fingerprint density at radius 3 is 2.28 bits per heavy atom. The maximum absolute atomic E-state index is 14.4. The number of hydrogen-bond donors (Lipinski definition) is 0. The van der Waals surface area contributed by atoms with Crippen LogP contribution in [0.1, 0.15) is 44.8 Å². The lowest BCUT2D eigenvalue weighted by molar-refractivity contribution is 0.0453. The van der Waals surface area contributed by atoms with Crippen molar-refractivity contribution < 1.29 is 32.9 Å². The Bertz CT molecular complexity index is 1470. The number of likely N-dealkylation sites (N-methyl/N-ethyl adjacent to an activating group) is 1. The smallest absolute Gasteiger partial charge is 0.259 e. The molecule has 2 unspecified atom stereocenters. The molecule has 2 heterocycles. The summed E-state index contributed by atoms with van der Waals surface area (Å²) in [5.74, 6) is 3.00. The average Bonchev–Trinajstić information content (AvgIpc) is 3.56. The fourth-order valence-corrected chi connectivity index (χ4v) is 6.78. The van der Waals surface area contributed by atoms with Gasteiger partial charge in [0.15, 0.2) is 31.3 Å². The summed E-state index contributed by atoms with van der Waals surface area (Å²) in [7, 11) is 6.86. The largest absolute Gasteiger partial charge is 0.497 e. The molecule has 5 rings (SSSR count). The average molecular weight is 607 g/mol. The van der Waals surface area contributed by atoms with E-state index >= 15 is 0 Å². The third-order valence-electron chi connectivity index (χ3n) is 7.76. The van der Waals surface area contributed by atoms with Crippen LogP contribution in [0.2, 0.25) is 19.6 Å². The number of benzene rings is 3. The van der Waals surface area contributed by atoms with Crippen molar-refractivity contribution in [2.45, 2.75) is 44.8 Å². The van der Waals surface area contributed by atoms with Crippen molar-refractivity contribution in [2.75, 3.05) is 48.8 Å². The van der Waals surface area contributed by atoms with Gasteiger partial charge in [-0.05, 0) is 92.7 Å². The molecule has 0 saturated heterocycles. The first-order valence-corrected chi connectivity index (χ1v) is 17.9. The Morgan fingerprint density at radius 2 is 1.65 bits per heavy atom. The zero-order valence-electron chi connectivity index (χ0n) is 26.4. The number of carbonyl (C=O) groups is 1. The van der Waals surface area contributed by atoms with E-state index < -0.39 is 20.5 Å². The minimum Gasteiger partial charge on any atom is -0.497 e. The molecule has 0 fully saturated rings. The quantitative estimate of drug-likeness (QED) is 0.238. The molecule has 2 aliphatic heterocycles. The number of ether oxygens (including phenoxy) is 5. The standard InChI is InChI=1S/C33H42N2O7Si/c1-34(2)16-15-22-17-27(38-4)28(39-5)18-25(22)31(42-43(6,7)8)30-24-13-14-26-32(41-20-40-26)29(24)33(36)35(30)19-21-9-11-23(37-3)12-10-21/h9-14,17-18,30-31H,15-16,19-20H2,1-8H3. The van der Waals surface area contributed by atoms with Crippen LogP contribution in [-0.2, 0) is 17.4 Å². The van der Waals surface area contributed by atoms with Gasteiger partial charge in [-0.2, -0.15) is 0 Å². The van der Waals surface area contributed by atoms with Crippen LogP contribution in [0, 0.1) is 0 Å². The molecule has 3 aromatic rings. The van der Waals surface area contributed by atoms with Crippen LogP contribution in [0.3, 0.4) is 0 Å². The summed E-state index contributed by atoms with van der Waals surface area (Å²) in [5, 5.41) is 0. The first-order chi connectivity index (χ1) is 20.5. The lowest BCUT2D eigenvalue weighted by atomic mass is 9.90. The number of fused-ring (bicyclic) bond motifs is 3. The van der Waals surface area contributed by atoms with Gasteiger partial charge in [0.2, 0.25) is 6.79 Å². The lowest BCUT2D eigenvalue weighted by Gasteiger charge is -2.37. The monoisotopic (exact) mass is 606 g/mol. The zero-order chi connectivity index (χ0) is 30.9. The van der Waals surface area contributed by atoms with Crippen LogP contribution in [0.5, 0.6) is 28.7 Å². The molecular formula is C33H42N2O7Si. The second kappa shape index (κ2) is 12.5. The summed E-state index contributed by atoms with van der Waals surface area (Å²) >= 11 is 0. The molecule has 10 heteroatoms. The number of methoxy groups -OCH3 is 3. The molecule has 1 amide bonds. The second-order valence-electron chi connectivity index (χ2n) is 12.1. The summed E-state index contributed by atoms with van der Waals surface area (Å²) in [6.07, 6.45) is 0.286. The van der Waals surface area contributed by atoms with Gasteiger partial charge >= 0.3 is 0 Å². The molecule has 0 N–H and O–H groups in total. The second-order valence-corrected chi connectivity index (χ2v) is 16.6. The minimum absolute atomic E-state index is 0.0847. The minimum atomic E-state index is -2.18. The number of nitrogens with zero attached hydrogens (tertiary/aromatic N) is 2. The van der Waals surface area contributed by atoms with Gasteiger partial charge in [-0.25, -0.2) is 0 Å². The summed E-state index contributed by atoms with van der Waals surface area (Å²) in [6.45, 7) is 7.81. The summed E-state index contributed by atoms with van der Waals surface area (Å²) in [4.78, 5) is 18.5. The first kappa shape index (κ1) is 30.7. The van der Waals surface area contributed by atoms with Gasteiger partial charge < -0.3 is 37.9 Å². The Labute approximate surface area is 255 Å². The molecule has 0 saturated carbocycles. The van der Waals surface area contributed by atoms with Crippen molar-refractivity contribution in [2.24, 2.45) is 0 Å². The number of amides is 1. The van der Waals surface area contributed by atoms with Crippen molar-refractivity contribution >= 4 is 14.2 Å². The maximum Gasteiger partial charge on any atom is 0.259 e. The predicted octanol–water partition coefficient (Wildman–Crippen LogP) is 5.84. The normalized spacial score (nSPS) is 16.4. The van der Waals surface area contributed by atoms with E-state index in [1.165, 1.54) is 0 Å². The molecule has 0 bridgehead atoms. The molecule has 0 spiro atoms. The lowest BCUT2D eigenvalue weighted by Crippen LogP contribution is -2.37. The van der Waals surface area contributed by atoms with E-state index in [0.29, 0.717) is 35.1 Å². The predicted molar refractivity (Wildman–Crippen MR) is 167 cm³/mol. The van der Waals surface area contributed by atoms with Gasteiger partial charge in [0.05, 0.1) is 39.0 Å². The number of carbonyl (C=O) groups excluding carboxylic acids is 1. The summed E-state index contributed by atoms with van der Waals surface area (Å²) in [5.41, 5.74) is 4.44. The van der Waals surface area contributed by atoms with Crippen LogP contribution in [0.4, 0.5) is 0 Å². The van der Waals surface area contributed by atoms with Crippen LogP contribution in [0.25, 0.3) is 0 Å². The molecule has 0 aromatic heterocycles. The highest BCUT2D eigenvalue weighted by Gasteiger charge is 2.47. The van der Waals surface area contributed by atoms with E-state index in [4.69, 9.17) is 28.1 Å². The van der Waals surface area contributed by atoms with Crippen molar-refractivity contribution in [3.63, 3.8) is 0 Å². The SMILES string of the molecule is COc1ccc(CN2C(=O)c3c(ccc4c3OCO4)C2C(O[Si](C)(C)C)c2cc(OC)c(OC)cc2CCN(C)C)cc1. The Balaban J connectivity index is 1.71. The topological polar surface area (TPSA) is 78.9 Å². The van der Waals surface area contributed by atoms with Crippen molar-refractivity contribution in [1.82, 2.24) is 9.80 Å². The molecule has 2 aliphatic rings. The third kappa shape index (κ3) is 6.32. The van der Waals surface area contributed by atoms with Crippen LogP contribution in [0.15, 0.2) is 48.5 Å². The molecule has 43 heavy (non-hydrogen) atoms. The zero-order valence-corrected chi connectivity index (χ0v) is 27.4. The van der Waals surface area contributed by atoms with Gasteiger partial charge in [-0.1, -0.05) is 18.2 Å². The van der Waals surface area contributed by atoms with Gasteiger partial charge in [-0.3, -0.25) is 4.79 Å². The Hall–Kier alpha value is -3.73. The van der Waals surface area contributed by atoms with Crippen molar-refractivity contribution in [3.05, 3.63) is 76.3 Å².